The lowest BCUT2D eigenvalue weighted by Crippen LogP contribution is -2.39. The molecule has 1 aliphatic rings. The van der Waals surface area contributed by atoms with Gasteiger partial charge in [-0.05, 0) is 56.1 Å². The van der Waals surface area contributed by atoms with E-state index in [1.165, 1.54) is 12.1 Å². The fourth-order valence-electron chi connectivity index (χ4n) is 3.62. The molecule has 1 fully saturated rings. The Hall–Kier alpha value is -2.77. The lowest BCUT2D eigenvalue weighted by Gasteiger charge is -2.30. The minimum absolute atomic E-state index is 0.0372. The molecule has 1 N–H and O–H groups in total. The van der Waals surface area contributed by atoms with E-state index in [1.807, 2.05) is 19.1 Å². The van der Waals surface area contributed by atoms with E-state index in [0.29, 0.717) is 34.5 Å². The zero-order chi connectivity index (χ0) is 21.1. The third kappa shape index (κ3) is 4.86. The molecule has 1 aliphatic heterocycles. The van der Waals surface area contributed by atoms with Gasteiger partial charge in [0.2, 0.25) is 17.6 Å². The first kappa shape index (κ1) is 20.5. The molecule has 1 unspecified atom stereocenters. The Balaban J connectivity index is 1.37. The second-order valence-corrected chi connectivity index (χ2v) is 7.96. The van der Waals surface area contributed by atoms with Crippen LogP contribution in [0.1, 0.15) is 30.2 Å². The van der Waals surface area contributed by atoms with Crippen LogP contribution in [0.15, 0.2) is 47.0 Å². The molecule has 3 aromatic rings. The molecule has 1 aromatic heterocycles. The fraction of sp³-hybridized carbons (Fsp3) is 0.318. The van der Waals surface area contributed by atoms with Crippen molar-refractivity contribution in [2.75, 3.05) is 25.0 Å². The van der Waals surface area contributed by atoms with E-state index in [9.17, 15) is 9.18 Å². The third-order valence-electron chi connectivity index (χ3n) is 5.20. The van der Waals surface area contributed by atoms with Crippen molar-refractivity contribution >= 4 is 23.2 Å². The largest absolute Gasteiger partial charge is 0.339 e. The number of aromatic nitrogens is 2. The van der Waals surface area contributed by atoms with Gasteiger partial charge in [0.25, 0.3) is 0 Å². The van der Waals surface area contributed by atoms with Gasteiger partial charge in [-0.1, -0.05) is 35.0 Å². The number of hydrogen-bond donors (Lipinski definition) is 1. The number of nitrogens with one attached hydrogen (secondary N) is 1. The van der Waals surface area contributed by atoms with Crippen LogP contribution in [0.3, 0.4) is 0 Å². The maximum absolute atomic E-state index is 13.4. The number of likely N-dealkylation sites (tertiary alicyclic amines) is 1. The van der Waals surface area contributed by atoms with Gasteiger partial charge < -0.3 is 9.84 Å². The van der Waals surface area contributed by atoms with Gasteiger partial charge >= 0.3 is 0 Å². The molecule has 156 valence electrons. The first-order chi connectivity index (χ1) is 14.5. The summed E-state index contributed by atoms with van der Waals surface area (Å²) in [5.74, 6) is 0.487. The number of rotatable bonds is 5. The lowest BCUT2D eigenvalue weighted by atomic mass is 9.98. The number of carbonyl (C=O) groups excluding carboxylic acids is 1. The predicted molar refractivity (Wildman–Crippen MR) is 113 cm³/mol. The number of amides is 1. The van der Waals surface area contributed by atoms with Gasteiger partial charge in [-0.15, -0.1) is 0 Å². The van der Waals surface area contributed by atoms with E-state index in [-0.39, 0.29) is 24.2 Å². The van der Waals surface area contributed by atoms with Gasteiger partial charge in [-0.2, -0.15) is 4.98 Å². The third-order valence-corrected chi connectivity index (χ3v) is 5.61. The average molecular weight is 429 g/mol. The van der Waals surface area contributed by atoms with Crippen LogP contribution < -0.4 is 5.32 Å². The molecule has 0 radical (unpaired) electrons. The minimum atomic E-state index is -0.344. The van der Waals surface area contributed by atoms with Crippen LogP contribution in [0.4, 0.5) is 10.1 Å². The van der Waals surface area contributed by atoms with Crippen LogP contribution >= 0.6 is 11.6 Å². The highest BCUT2D eigenvalue weighted by atomic mass is 35.5. The second-order valence-electron chi connectivity index (χ2n) is 7.55. The summed E-state index contributed by atoms with van der Waals surface area (Å²) in [4.78, 5) is 19.0. The lowest BCUT2D eigenvalue weighted by molar-refractivity contribution is -0.117. The van der Waals surface area contributed by atoms with Gasteiger partial charge in [0.15, 0.2) is 0 Å². The molecular formula is C22H22ClFN4O2. The van der Waals surface area contributed by atoms with E-state index >= 15 is 0 Å². The molecule has 2 heterocycles. The Bertz CT molecular complexity index is 1060. The van der Waals surface area contributed by atoms with Crippen molar-refractivity contribution in [3.8, 4) is 11.4 Å². The highest BCUT2D eigenvalue weighted by molar-refractivity contribution is 6.31. The molecule has 6 nitrogen and oxygen atoms in total. The monoisotopic (exact) mass is 428 g/mol. The topological polar surface area (TPSA) is 71.3 Å². The Morgan fingerprint density at radius 1 is 1.33 bits per heavy atom. The minimum Gasteiger partial charge on any atom is -0.339 e. The highest BCUT2D eigenvalue weighted by Crippen LogP contribution is 2.28. The standard InChI is InChI=1S/C22H22ClFN4O2/c1-14-7-8-18(11-19(14)23)25-20(29)13-28-9-3-5-16(12-28)22-26-21(27-30-22)15-4-2-6-17(24)10-15/h2,4,6-8,10-11,16H,3,5,9,12-13H2,1H3,(H,25,29). The zero-order valence-corrected chi connectivity index (χ0v) is 17.3. The maximum Gasteiger partial charge on any atom is 0.238 e. The Morgan fingerprint density at radius 3 is 3.00 bits per heavy atom. The molecule has 0 saturated carbocycles. The second kappa shape index (κ2) is 8.93. The zero-order valence-electron chi connectivity index (χ0n) is 16.6. The van der Waals surface area contributed by atoms with Crippen LogP contribution in [0, 0.1) is 12.7 Å². The molecule has 1 atom stereocenters. The Kier molecular flexibility index (Phi) is 6.11. The van der Waals surface area contributed by atoms with Crippen LogP contribution in [-0.4, -0.2) is 40.6 Å². The maximum atomic E-state index is 13.4. The first-order valence-corrected chi connectivity index (χ1v) is 10.2. The quantitative estimate of drug-likeness (QED) is 0.640. The molecule has 1 amide bonds. The molecule has 0 bridgehead atoms. The number of piperidine rings is 1. The Labute approximate surface area is 179 Å². The summed E-state index contributed by atoms with van der Waals surface area (Å²) >= 11 is 6.13. The van der Waals surface area contributed by atoms with E-state index in [1.54, 1.807) is 18.2 Å². The summed E-state index contributed by atoms with van der Waals surface area (Å²) in [6, 6.07) is 11.6. The van der Waals surface area contributed by atoms with Crippen molar-refractivity contribution in [1.29, 1.82) is 0 Å². The molecule has 1 saturated heterocycles. The van der Waals surface area contributed by atoms with Gasteiger partial charge in [0, 0.05) is 22.8 Å². The Morgan fingerprint density at radius 2 is 2.20 bits per heavy atom. The SMILES string of the molecule is Cc1ccc(NC(=O)CN2CCCC(c3nc(-c4cccc(F)c4)no3)C2)cc1Cl. The number of anilines is 1. The summed E-state index contributed by atoms with van der Waals surface area (Å²) in [5, 5.41) is 7.51. The summed E-state index contributed by atoms with van der Waals surface area (Å²) in [6.45, 7) is 3.66. The molecule has 30 heavy (non-hydrogen) atoms. The van der Waals surface area contributed by atoms with Crippen molar-refractivity contribution in [2.24, 2.45) is 0 Å². The van der Waals surface area contributed by atoms with Gasteiger partial charge in [-0.3, -0.25) is 9.69 Å². The molecule has 2 aromatic carbocycles. The highest BCUT2D eigenvalue weighted by Gasteiger charge is 2.27. The van der Waals surface area contributed by atoms with Gasteiger partial charge in [0.1, 0.15) is 5.82 Å². The van der Waals surface area contributed by atoms with Crippen molar-refractivity contribution in [2.45, 2.75) is 25.7 Å². The molecule has 8 heteroatoms. The molecule has 0 aliphatic carbocycles. The predicted octanol–water partition coefficient (Wildman–Crippen LogP) is 4.66. The van der Waals surface area contributed by atoms with Crippen LogP contribution in [0.25, 0.3) is 11.4 Å². The number of benzene rings is 2. The smallest absolute Gasteiger partial charge is 0.238 e. The van der Waals surface area contributed by atoms with Crippen LogP contribution in [0.2, 0.25) is 5.02 Å². The number of halogens is 2. The number of nitrogens with zero attached hydrogens (tertiary/aromatic N) is 3. The number of carbonyl (C=O) groups is 1. The van der Waals surface area contributed by atoms with Crippen LogP contribution in [0.5, 0.6) is 0 Å². The normalized spacial score (nSPS) is 17.1. The fourth-order valence-corrected chi connectivity index (χ4v) is 3.80. The van der Waals surface area contributed by atoms with Gasteiger partial charge in [0.05, 0.1) is 12.5 Å². The molecular weight excluding hydrogens is 407 g/mol. The number of aryl methyl sites for hydroxylation is 1. The summed E-state index contributed by atoms with van der Waals surface area (Å²) in [7, 11) is 0. The van der Waals surface area contributed by atoms with Crippen molar-refractivity contribution in [1.82, 2.24) is 15.0 Å². The van der Waals surface area contributed by atoms with Crippen molar-refractivity contribution in [3.63, 3.8) is 0 Å². The first-order valence-electron chi connectivity index (χ1n) is 9.86. The average Bonchev–Trinajstić information content (AvgIpc) is 3.21. The van der Waals surface area contributed by atoms with E-state index in [0.717, 1.165) is 24.9 Å². The summed E-state index contributed by atoms with van der Waals surface area (Å²) in [5.41, 5.74) is 2.22. The van der Waals surface area contributed by atoms with Crippen molar-refractivity contribution in [3.05, 3.63) is 64.8 Å². The van der Waals surface area contributed by atoms with E-state index in [4.69, 9.17) is 16.1 Å². The molecule has 4 rings (SSSR count). The van der Waals surface area contributed by atoms with E-state index < -0.39 is 0 Å². The van der Waals surface area contributed by atoms with Gasteiger partial charge in [-0.25, -0.2) is 4.39 Å². The summed E-state index contributed by atoms with van der Waals surface area (Å²) in [6.07, 6.45) is 1.82. The molecule has 0 spiro atoms. The van der Waals surface area contributed by atoms with E-state index in [2.05, 4.69) is 20.4 Å². The van der Waals surface area contributed by atoms with Crippen molar-refractivity contribution < 1.29 is 13.7 Å². The van der Waals surface area contributed by atoms with Crippen LogP contribution in [-0.2, 0) is 4.79 Å². The number of hydrogen-bond acceptors (Lipinski definition) is 5. The summed E-state index contributed by atoms with van der Waals surface area (Å²) < 4.78 is 18.9.